The number of aliphatic carboxylic acids is 1. The Morgan fingerprint density at radius 1 is 1.39 bits per heavy atom. The van der Waals surface area contributed by atoms with Crippen LogP contribution in [0, 0.1) is 9.49 Å². The van der Waals surface area contributed by atoms with E-state index in [1.807, 2.05) is 26.0 Å². The molecule has 1 amide bonds. The smallest absolute Gasteiger partial charge is 0.326 e. The van der Waals surface area contributed by atoms with E-state index in [-0.39, 0.29) is 11.8 Å². The first-order valence-corrected chi connectivity index (χ1v) is 6.83. The lowest BCUT2D eigenvalue weighted by Crippen LogP contribution is -2.45. The Hall–Kier alpha value is -1.11. The normalized spacial score (nSPS) is 13.7. The summed E-state index contributed by atoms with van der Waals surface area (Å²) in [7, 11) is 0. The van der Waals surface area contributed by atoms with Gasteiger partial charge in [-0.2, -0.15) is 0 Å². The lowest BCUT2D eigenvalue weighted by Gasteiger charge is -2.20. The van der Waals surface area contributed by atoms with Crippen molar-refractivity contribution >= 4 is 34.5 Å². The van der Waals surface area contributed by atoms with Crippen LogP contribution in [0.15, 0.2) is 24.3 Å². The molecule has 1 aromatic carbocycles. The van der Waals surface area contributed by atoms with Gasteiger partial charge in [0.25, 0.3) is 5.91 Å². The fraction of sp³-hybridized carbons (Fsp3) is 0.385. The van der Waals surface area contributed by atoms with Crippen LogP contribution in [0.25, 0.3) is 0 Å². The maximum absolute atomic E-state index is 12.0. The number of amides is 1. The summed E-state index contributed by atoms with van der Waals surface area (Å²) in [6.45, 7) is 3.72. The average Bonchev–Trinajstić information content (AvgIpc) is 2.35. The second kappa shape index (κ2) is 6.72. The zero-order valence-corrected chi connectivity index (χ0v) is 12.5. The van der Waals surface area contributed by atoms with Gasteiger partial charge >= 0.3 is 5.97 Å². The van der Waals surface area contributed by atoms with Gasteiger partial charge in [0.15, 0.2) is 0 Å². The largest absolute Gasteiger partial charge is 0.480 e. The van der Waals surface area contributed by atoms with Gasteiger partial charge < -0.3 is 10.4 Å². The first-order valence-electron chi connectivity index (χ1n) is 5.75. The molecular weight excluding hydrogens is 345 g/mol. The molecule has 1 aromatic rings. The van der Waals surface area contributed by atoms with Crippen molar-refractivity contribution in [2.24, 2.45) is 5.92 Å². The van der Waals surface area contributed by atoms with Crippen LogP contribution in [0.2, 0.25) is 0 Å². The van der Waals surface area contributed by atoms with E-state index in [0.29, 0.717) is 12.0 Å². The van der Waals surface area contributed by atoms with Gasteiger partial charge in [-0.05, 0) is 40.6 Å². The van der Waals surface area contributed by atoms with Crippen molar-refractivity contribution in [3.05, 3.63) is 33.4 Å². The van der Waals surface area contributed by atoms with Crippen molar-refractivity contribution in [1.82, 2.24) is 5.32 Å². The quantitative estimate of drug-likeness (QED) is 0.793. The molecule has 0 aromatic heterocycles. The van der Waals surface area contributed by atoms with E-state index >= 15 is 0 Å². The van der Waals surface area contributed by atoms with Crippen molar-refractivity contribution in [3.8, 4) is 0 Å². The standard InChI is InChI=1S/C13H16INO3/c1-3-8(2)11(13(17)18)15-12(16)9-6-4-5-7-10(9)14/h4-8,11H,3H2,1-2H3,(H,15,16)(H,17,18). The Morgan fingerprint density at radius 2 is 2.00 bits per heavy atom. The molecule has 0 radical (unpaired) electrons. The van der Waals surface area contributed by atoms with Crippen molar-refractivity contribution in [1.29, 1.82) is 0 Å². The Labute approximate surface area is 120 Å². The van der Waals surface area contributed by atoms with Crippen molar-refractivity contribution in [2.45, 2.75) is 26.3 Å². The first-order chi connectivity index (χ1) is 8.47. The lowest BCUT2D eigenvalue weighted by molar-refractivity contribution is -0.140. The summed E-state index contributed by atoms with van der Waals surface area (Å²) in [6, 6.07) is 6.25. The fourth-order valence-corrected chi connectivity index (χ4v) is 2.18. The molecule has 0 heterocycles. The first kappa shape index (κ1) is 14.9. The van der Waals surface area contributed by atoms with Gasteiger partial charge in [0.1, 0.15) is 6.04 Å². The fourth-order valence-electron chi connectivity index (χ4n) is 1.55. The molecule has 0 aliphatic carbocycles. The number of benzene rings is 1. The van der Waals surface area contributed by atoms with Gasteiger partial charge in [0.05, 0.1) is 5.56 Å². The molecule has 0 aliphatic heterocycles. The monoisotopic (exact) mass is 361 g/mol. The highest BCUT2D eigenvalue weighted by molar-refractivity contribution is 14.1. The molecule has 0 aliphatic rings. The van der Waals surface area contributed by atoms with Crippen LogP contribution >= 0.6 is 22.6 Å². The lowest BCUT2D eigenvalue weighted by atomic mass is 9.99. The second-order valence-electron chi connectivity index (χ2n) is 4.15. The highest BCUT2D eigenvalue weighted by Gasteiger charge is 2.26. The van der Waals surface area contributed by atoms with E-state index in [2.05, 4.69) is 27.9 Å². The van der Waals surface area contributed by atoms with Gasteiger partial charge in [-0.3, -0.25) is 4.79 Å². The third kappa shape index (κ3) is 3.69. The molecule has 0 bridgehead atoms. The summed E-state index contributed by atoms with van der Waals surface area (Å²) >= 11 is 2.06. The minimum atomic E-state index is -0.997. The molecule has 0 saturated heterocycles. The number of carbonyl (C=O) groups excluding carboxylic acids is 1. The molecule has 0 saturated carbocycles. The van der Waals surface area contributed by atoms with Crippen LogP contribution in [0.5, 0.6) is 0 Å². The summed E-state index contributed by atoms with van der Waals surface area (Å²) in [5.74, 6) is -1.44. The maximum atomic E-state index is 12.0. The van der Waals surface area contributed by atoms with Gasteiger partial charge in [0.2, 0.25) is 0 Å². The Balaban J connectivity index is 2.86. The van der Waals surface area contributed by atoms with E-state index < -0.39 is 12.0 Å². The predicted molar refractivity (Wildman–Crippen MR) is 77.5 cm³/mol. The average molecular weight is 361 g/mol. The summed E-state index contributed by atoms with van der Waals surface area (Å²) < 4.78 is 0.806. The number of rotatable bonds is 5. The molecule has 2 atom stereocenters. The highest BCUT2D eigenvalue weighted by atomic mass is 127. The van der Waals surface area contributed by atoms with Gasteiger partial charge in [-0.25, -0.2) is 4.79 Å². The van der Waals surface area contributed by atoms with Crippen LogP contribution < -0.4 is 5.32 Å². The minimum Gasteiger partial charge on any atom is -0.480 e. The van der Waals surface area contributed by atoms with Crippen molar-refractivity contribution < 1.29 is 14.7 Å². The summed E-state index contributed by atoms with van der Waals surface area (Å²) in [5.41, 5.74) is 0.507. The maximum Gasteiger partial charge on any atom is 0.326 e. The molecule has 18 heavy (non-hydrogen) atoms. The molecule has 1 rings (SSSR count). The van der Waals surface area contributed by atoms with Crippen molar-refractivity contribution in [3.63, 3.8) is 0 Å². The molecule has 0 spiro atoms. The van der Waals surface area contributed by atoms with Gasteiger partial charge in [0, 0.05) is 3.57 Å². The predicted octanol–water partition coefficient (Wildman–Crippen LogP) is 2.52. The van der Waals surface area contributed by atoms with E-state index in [4.69, 9.17) is 5.11 Å². The van der Waals surface area contributed by atoms with E-state index in [0.717, 1.165) is 3.57 Å². The Kier molecular flexibility index (Phi) is 5.58. The summed E-state index contributed by atoms with van der Waals surface area (Å²) in [4.78, 5) is 23.2. The summed E-state index contributed by atoms with van der Waals surface area (Å²) in [5, 5.41) is 11.7. The zero-order valence-electron chi connectivity index (χ0n) is 10.3. The Morgan fingerprint density at radius 3 is 2.50 bits per heavy atom. The number of hydrogen-bond acceptors (Lipinski definition) is 2. The SMILES string of the molecule is CCC(C)C(NC(=O)c1ccccc1I)C(=O)O. The van der Waals surface area contributed by atoms with Crippen LogP contribution in [-0.4, -0.2) is 23.0 Å². The van der Waals surface area contributed by atoms with E-state index in [9.17, 15) is 9.59 Å². The van der Waals surface area contributed by atoms with Gasteiger partial charge in [-0.15, -0.1) is 0 Å². The zero-order chi connectivity index (χ0) is 13.7. The number of carboxylic acid groups (broad SMARTS) is 1. The second-order valence-corrected chi connectivity index (χ2v) is 5.32. The Bertz CT molecular complexity index is 448. The molecule has 2 N–H and O–H groups in total. The van der Waals surface area contributed by atoms with Crippen LogP contribution in [0.4, 0.5) is 0 Å². The molecule has 5 heteroatoms. The topological polar surface area (TPSA) is 66.4 Å². The molecule has 2 unspecified atom stereocenters. The van der Waals surface area contributed by atoms with Crippen LogP contribution in [-0.2, 0) is 4.79 Å². The van der Waals surface area contributed by atoms with Crippen molar-refractivity contribution in [2.75, 3.05) is 0 Å². The molecule has 4 nitrogen and oxygen atoms in total. The van der Waals surface area contributed by atoms with Crippen LogP contribution in [0.3, 0.4) is 0 Å². The minimum absolute atomic E-state index is 0.104. The van der Waals surface area contributed by atoms with E-state index in [1.165, 1.54) is 0 Å². The molecule has 0 fully saturated rings. The third-order valence-electron chi connectivity index (χ3n) is 2.88. The highest BCUT2D eigenvalue weighted by Crippen LogP contribution is 2.13. The number of carbonyl (C=O) groups is 2. The summed E-state index contributed by atoms with van der Waals surface area (Å²) in [6.07, 6.45) is 0.698. The number of hydrogen-bond donors (Lipinski definition) is 2. The van der Waals surface area contributed by atoms with Gasteiger partial charge in [-0.1, -0.05) is 32.4 Å². The number of halogens is 1. The number of nitrogens with one attached hydrogen (secondary N) is 1. The number of carboxylic acids is 1. The third-order valence-corrected chi connectivity index (χ3v) is 3.82. The molecule has 98 valence electrons. The van der Waals surface area contributed by atoms with E-state index in [1.54, 1.807) is 12.1 Å². The van der Waals surface area contributed by atoms with Crippen LogP contribution in [0.1, 0.15) is 30.6 Å². The molecular formula is C13H16INO3.